The van der Waals surface area contributed by atoms with Crippen molar-refractivity contribution >= 4 is 45.6 Å². The highest BCUT2D eigenvalue weighted by molar-refractivity contribution is 7.15. The minimum absolute atomic E-state index is 0.000255. The highest BCUT2D eigenvalue weighted by atomic mass is 35.5. The number of amides is 1. The molecule has 3 rings (SSSR count). The molecule has 23 heavy (non-hydrogen) atoms. The second-order valence-electron chi connectivity index (χ2n) is 5.80. The van der Waals surface area contributed by atoms with Gasteiger partial charge in [0.1, 0.15) is 0 Å². The number of nitrogens with one attached hydrogen (secondary N) is 1. The summed E-state index contributed by atoms with van der Waals surface area (Å²) in [4.78, 5) is 17.5. The van der Waals surface area contributed by atoms with Gasteiger partial charge in [-0.25, -0.2) is 4.98 Å². The van der Waals surface area contributed by atoms with E-state index < -0.39 is 0 Å². The number of aromatic nitrogens is 1. The van der Waals surface area contributed by atoms with E-state index in [4.69, 9.17) is 28.9 Å². The quantitative estimate of drug-likeness (QED) is 0.851. The van der Waals surface area contributed by atoms with Gasteiger partial charge in [0.15, 0.2) is 5.13 Å². The largest absolute Gasteiger partial charge is 0.328 e. The fourth-order valence-corrected chi connectivity index (χ4v) is 3.99. The Morgan fingerprint density at radius 1 is 1.39 bits per heavy atom. The number of rotatable bonds is 4. The summed E-state index contributed by atoms with van der Waals surface area (Å²) in [5, 5.41) is 4.83. The maximum Gasteiger partial charge on any atom is 0.229 e. The summed E-state index contributed by atoms with van der Waals surface area (Å²) in [7, 11) is 0. The van der Waals surface area contributed by atoms with Crippen molar-refractivity contribution in [1.82, 2.24) is 4.98 Å². The number of benzene rings is 1. The van der Waals surface area contributed by atoms with Crippen LogP contribution in [-0.4, -0.2) is 16.9 Å². The first-order valence-electron chi connectivity index (χ1n) is 7.46. The molecule has 1 aromatic carbocycles. The third-order valence-corrected chi connectivity index (χ3v) is 5.52. The lowest BCUT2D eigenvalue weighted by Crippen LogP contribution is -2.23. The van der Waals surface area contributed by atoms with Gasteiger partial charge in [-0.2, -0.15) is 0 Å². The topological polar surface area (TPSA) is 68.0 Å². The van der Waals surface area contributed by atoms with Crippen LogP contribution in [0, 0.1) is 5.92 Å². The molecular weight excluding hydrogens is 353 g/mol. The van der Waals surface area contributed by atoms with Crippen molar-refractivity contribution in [3.63, 3.8) is 0 Å². The molecule has 3 N–H and O–H groups in total. The van der Waals surface area contributed by atoms with E-state index in [0.717, 1.165) is 29.7 Å². The second-order valence-corrected chi connectivity index (χ2v) is 7.76. The predicted molar refractivity (Wildman–Crippen MR) is 95.3 cm³/mol. The van der Waals surface area contributed by atoms with Crippen LogP contribution in [0.1, 0.15) is 29.7 Å². The molecule has 2 unspecified atom stereocenters. The zero-order chi connectivity index (χ0) is 16.4. The van der Waals surface area contributed by atoms with Crippen LogP contribution in [-0.2, 0) is 11.2 Å². The first kappa shape index (κ1) is 16.7. The maximum absolute atomic E-state index is 12.2. The molecule has 0 bridgehead atoms. The molecule has 0 saturated heterocycles. The van der Waals surface area contributed by atoms with Gasteiger partial charge in [0, 0.05) is 39.5 Å². The van der Waals surface area contributed by atoms with E-state index in [-0.39, 0.29) is 17.9 Å². The monoisotopic (exact) mass is 369 g/mol. The Bertz CT molecular complexity index is 719. The van der Waals surface area contributed by atoms with Crippen LogP contribution in [0.3, 0.4) is 0 Å². The molecule has 0 aliphatic heterocycles. The summed E-state index contributed by atoms with van der Waals surface area (Å²) in [6.45, 7) is 0. The molecule has 1 aliphatic carbocycles. The minimum atomic E-state index is -0.000255. The second kappa shape index (κ2) is 7.18. The van der Waals surface area contributed by atoms with Gasteiger partial charge < -0.3 is 11.1 Å². The fourth-order valence-electron chi connectivity index (χ4n) is 2.78. The van der Waals surface area contributed by atoms with Gasteiger partial charge in [0.05, 0.1) is 0 Å². The zero-order valence-corrected chi connectivity index (χ0v) is 14.7. The standard InChI is InChI=1S/C16H17Cl2N3OS/c17-11-2-4-14(18)10(5-11)7-13-8-20-16(23-13)21-15(22)9-1-3-12(19)6-9/h2,4-5,8-9,12H,1,3,6-7,19H2,(H,20,21,22). The molecule has 4 nitrogen and oxygen atoms in total. The Hall–Kier alpha value is -1.14. The van der Waals surface area contributed by atoms with E-state index >= 15 is 0 Å². The van der Waals surface area contributed by atoms with Crippen molar-refractivity contribution in [2.24, 2.45) is 11.7 Å². The van der Waals surface area contributed by atoms with Crippen molar-refractivity contribution in [2.45, 2.75) is 31.7 Å². The van der Waals surface area contributed by atoms with Crippen molar-refractivity contribution < 1.29 is 4.79 Å². The number of carbonyl (C=O) groups is 1. The maximum atomic E-state index is 12.2. The van der Waals surface area contributed by atoms with Crippen LogP contribution >= 0.6 is 34.5 Å². The molecular formula is C16H17Cl2N3OS. The number of anilines is 1. The summed E-state index contributed by atoms with van der Waals surface area (Å²) in [6.07, 6.45) is 4.92. The third-order valence-electron chi connectivity index (χ3n) is 4.00. The fraction of sp³-hybridized carbons (Fsp3) is 0.375. The Morgan fingerprint density at radius 2 is 2.22 bits per heavy atom. The molecule has 1 amide bonds. The molecule has 1 aliphatic rings. The van der Waals surface area contributed by atoms with Gasteiger partial charge in [-0.15, -0.1) is 11.3 Å². The molecule has 0 spiro atoms. The van der Waals surface area contributed by atoms with Gasteiger partial charge >= 0.3 is 0 Å². The highest BCUT2D eigenvalue weighted by Gasteiger charge is 2.28. The molecule has 1 fully saturated rings. The molecule has 1 heterocycles. The molecule has 2 atom stereocenters. The normalized spacial score (nSPS) is 20.7. The van der Waals surface area contributed by atoms with Crippen LogP contribution in [0.4, 0.5) is 5.13 Å². The molecule has 122 valence electrons. The molecule has 7 heteroatoms. The van der Waals surface area contributed by atoms with Gasteiger partial charge in [0.2, 0.25) is 5.91 Å². The predicted octanol–water partition coefficient (Wildman–Crippen LogP) is 4.11. The summed E-state index contributed by atoms with van der Waals surface area (Å²) in [5.74, 6) is 0.0133. The molecule has 2 aromatic rings. The number of carbonyl (C=O) groups excluding carboxylic acids is 1. The van der Waals surface area contributed by atoms with Crippen molar-refractivity contribution in [1.29, 1.82) is 0 Å². The van der Waals surface area contributed by atoms with Crippen molar-refractivity contribution in [3.05, 3.63) is 44.9 Å². The number of nitrogens with zero attached hydrogens (tertiary/aromatic N) is 1. The van der Waals surface area contributed by atoms with Crippen LogP contribution in [0.25, 0.3) is 0 Å². The number of hydrogen-bond donors (Lipinski definition) is 2. The first-order valence-corrected chi connectivity index (χ1v) is 9.03. The molecule has 1 saturated carbocycles. The number of halogens is 2. The molecule has 1 aromatic heterocycles. The van der Waals surface area contributed by atoms with Crippen LogP contribution in [0.5, 0.6) is 0 Å². The molecule has 0 radical (unpaired) electrons. The van der Waals surface area contributed by atoms with Gasteiger partial charge in [-0.3, -0.25) is 4.79 Å². The minimum Gasteiger partial charge on any atom is -0.328 e. The van der Waals surface area contributed by atoms with E-state index in [0.29, 0.717) is 21.6 Å². The van der Waals surface area contributed by atoms with Gasteiger partial charge in [0.25, 0.3) is 0 Å². The SMILES string of the molecule is NC1CCC(C(=O)Nc2ncc(Cc3cc(Cl)ccc3Cl)s2)C1. The van der Waals surface area contributed by atoms with E-state index in [1.807, 2.05) is 6.07 Å². The summed E-state index contributed by atoms with van der Waals surface area (Å²) in [5.41, 5.74) is 6.80. The van der Waals surface area contributed by atoms with Crippen LogP contribution in [0.2, 0.25) is 10.0 Å². The van der Waals surface area contributed by atoms with E-state index in [2.05, 4.69) is 10.3 Å². The average molecular weight is 370 g/mol. The Labute approximate surface area is 149 Å². The summed E-state index contributed by atoms with van der Waals surface area (Å²) < 4.78 is 0. The number of nitrogens with two attached hydrogens (primary N) is 1. The van der Waals surface area contributed by atoms with E-state index in [9.17, 15) is 4.79 Å². The van der Waals surface area contributed by atoms with Crippen molar-refractivity contribution in [3.8, 4) is 0 Å². The van der Waals surface area contributed by atoms with Crippen LogP contribution in [0.15, 0.2) is 24.4 Å². The van der Waals surface area contributed by atoms with Crippen LogP contribution < -0.4 is 11.1 Å². The highest BCUT2D eigenvalue weighted by Crippen LogP contribution is 2.29. The Balaban J connectivity index is 1.64. The Morgan fingerprint density at radius 3 is 2.96 bits per heavy atom. The summed E-state index contributed by atoms with van der Waals surface area (Å²) in [6, 6.07) is 5.54. The lowest BCUT2D eigenvalue weighted by Gasteiger charge is -2.08. The van der Waals surface area contributed by atoms with Gasteiger partial charge in [-0.1, -0.05) is 23.2 Å². The Kier molecular flexibility index (Phi) is 5.21. The van der Waals surface area contributed by atoms with Gasteiger partial charge in [-0.05, 0) is 43.0 Å². The third kappa shape index (κ3) is 4.23. The lowest BCUT2D eigenvalue weighted by molar-refractivity contribution is -0.119. The first-order chi connectivity index (χ1) is 11.0. The smallest absolute Gasteiger partial charge is 0.229 e. The number of thiazole rings is 1. The zero-order valence-electron chi connectivity index (χ0n) is 12.4. The van der Waals surface area contributed by atoms with E-state index in [1.54, 1.807) is 18.3 Å². The van der Waals surface area contributed by atoms with E-state index in [1.165, 1.54) is 11.3 Å². The lowest BCUT2D eigenvalue weighted by atomic mass is 10.1. The van der Waals surface area contributed by atoms with Crippen molar-refractivity contribution in [2.75, 3.05) is 5.32 Å². The number of hydrogen-bond acceptors (Lipinski definition) is 4. The summed E-state index contributed by atoms with van der Waals surface area (Å²) >= 11 is 13.6. The average Bonchev–Trinajstić information content (AvgIpc) is 3.12.